The first-order valence-corrected chi connectivity index (χ1v) is 15.4. The lowest BCUT2D eigenvalue weighted by Gasteiger charge is -2.31. The number of rotatable bonds is 7. The molecular formula is C35H30NO6P. The number of benzene rings is 4. The number of allylic oxidation sites excluding steroid dienone is 1. The highest BCUT2D eigenvalue weighted by Crippen LogP contribution is 2.51. The van der Waals surface area contributed by atoms with Crippen molar-refractivity contribution in [2.45, 2.75) is 20.8 Å². The topological polar surface area (TPSA) is 95.7 Å². The molecule has 0 aliphatic carbocycles. The zero-order chi connectivity index (χ0) is 30.7. The van der Waals surface area contributed by atoms with Crippen LogP contribution in [0.3, 0.4) is 0 Å². The maximum absolute atomic E-state index is 14.3. The number of hydrogen-bond acceptors (Lipinski definition) is 6. The summed E-state index contributed by atoms with van der Waals surface area (Å²) in [5.74, 6) is -0.933. The Bertz CT molecular complexity index is 1720. The van der Waals surface area contributed by atoms with Crippen molar-refractivity contribution < 1.29 is 24.0 Å². The van der Waals surface area contributed by atoms with Crippen LogP contribution in [0.25, 0.3) is 5.76 Å². The maximum Gasteiger partial charge on any atom is 0.345 e. The van der Waals surface area contributed by atoms with Gasteiger partial charge in [0.2, 0.25) is 0 Å². The fraction of sp³-hybridized carbons (Fsp3) is 0.114. The minimum absolute atomic E-state index is 0.0923. The molecule has 7 nitrogen and oxygen atoms in total. The van der Waals surface area contributed by atoms with Gasteiger partial charge in [-0.1, -0.05) is 89.5 Å². The Balaban J connectivity index is 2.00. The van der Waals surface area contributed by atoms with Crippen molar-refractivity contribution in [2.75, 3.05) is 7.11 Å². The number of non-ortho nitro benzene ring substituents is 1. The van der Waals surface area contributed by atoms with Gasteiger partial charge in [-0.2, -0.15) is 0 Å². The average Bonchev–Trinajstić information content (AvgIpc) is 3.34. The zero-order valence-corrected chi connectivity index (χ0v) is 25.1. The van der Waals surface area contributed by atoms with Crippen LogP contribution in [0.5, 0.6) is 0 Å². The molecular weight excluding hydrogens is 561 g/mol. The van der Waals surface area contributed by atoms with E-state index in [1.807, 2.05) is 57.2 Å². The second-order valence-electron chi connectivity index (χ2n) is 10.3. The quantitative estimate of drug-likeness (QED) is 0.0902. The zero-order valence-electron chi connectivity index (χ0n) is 24.2. The standard InChI is InChI=1S/C35H30NO6P/c1-23-5-15-28(16-6-23)43(29-17-7-24(2)8-18-29,30-19-9-25(3)10-20-30)34-31(21-22-32(37)41-4)33(42-35(34)38)26-11-13-27(14-12-26)36(39)40/h5-22H,1-4H3/b22-21+. The molecule has 1 aliphatic heterocycles. The van der Waals surface area contributed by atoms with Crippen LogP contribution in [-0.2, 0) is 19.1 Å². The third kappa shape index (κ3) is 5.60. The van der Waals surface area contributed by atoms with Gasteiger partial charge in [0, 0.05) is 29.3 Å². The van der Waals surface area contributed by atoms with E-state index < -0.39 is 23.7 Å². The van der Waals surface area contributed by atoms with Crippen molar-refractivity contribution in [1.29, 1.82) is 0 Å². The molecule has 0 saturated heterocycles. The number of cyclic esters (lactones) is 1. The number of nitro groups is 1. The van der Waals surface area contributed by atoms with Crippen LogP contribution in [0.4, 0.5) is 5.69 Å². The van der Waals surface area contributed by atoms with E-state index >= 15 is 0 Å². The Morgan fingerprint density at radius 1 is 0.767 bits per heavy atom. The van der Waals surface area contributed by atoms with Crippen LogP contribution in [0.2, 0.25) is 0 Å². The molecule has 0 aromatic heterocycles. The summed E-state index contributed by atoms with van der Waals surface area (Å²) in [4.78, 5) is 37.5. The van der Waals surface area contributed by atoms with E-state index in [9.17, 15) is 19.7 Å². The molecule has 0 saturated carbocycles. The van der Waals surface area contributed by atoms with Crippen LogP contribution in [0.1, 0.15) is 22.3 Å². The Morgan fingerprint density at radius 2 is 1.21 bits per heavy atom. The first-order chi connectivity index (χ1) is 20.6. The summed E-state index contributed by atoms with van der Waals surface area (Å²) >= 11 is 0. The molecule has 0 atom stereocenters. The summed E-state index contributed by atoms with van der Waals surface area (Å²) in [7, 11) is 1.28. The van der Waals surface area contributed by atoms with E-state index in [2.05, 4.69) is 36.4 Å². The normalized spacial score (nSPS) is 13.4. The molecule has 0 unspecified atom stereocenters. The highest BCUT2D eigenvalue weighted by molar-refractivity contribution is 7.96. The Kier molecular flexibility index (Phi) is 8.29. The predicted molar refractivity (Wildman–Crippen MR) is 172 cm³/mol. The van der Waals surface area contributed by atoms with Crippen LogP contribution < -0.4 is 15.9 Å². The van der Waals surface area contributed by atoms with Gasteiger partial charge in [-0.15, -0.1) is 0 Å². The third-order valence-electron chi connectivity index (χ3n) is 7.41. The van der Waals surface area contributed by atoms with Gasteiger partial charge in [0.15, 0.2) is 0 Å². The molecule has 216 valence electrons. The maximum atomic E-state index is 14.3. The van der Waals surface area contributed by atoms with E-state index in [0.717, 1.165) is 32.6 Å². The largest absolute Gasteiger partial charge is 0.466 e. The number of nitro benzene ring substituents is 1. The van der Waals surface area contributed by atoms with Gasteiger partial charge in [0.05, 0.1) is 17.3 Å². The molecule has 0 N–H and O–H groups in total. The van der Waals surface area contributed by atoms with Gasteiger partial charge >= 0.3 is 11.9 Å². The Morgan fingerprint density at radius 3 is 1.60 bits per heavy atom. The van der Waals surface area contributed by atoms with Crippen molar-refractivity contribution in [2.24, 2.45) is 0 Å². The van der Waals surface area contributed by atoms with Gasteiger partial charge in [-0.3, -0.25) is 10.1 Å². The number of esters is 2. The van der Waals surface area contributed by atoms with E-state index in [1.165, 1.54) is 25.3 Å². The van der Waals surface area contributed by atoms with Crippen molar-refractivity contribution >= 4 is 51.5 Å². The molecule has 4 aromatic carbocycles. The summed E-state index contributed by atoms with van der Waals surface area (Å²) < 4.78 is 10.9. The highest BCUT2D eigenvalue weighted by Gasteiger charge is 2.41. The third-order valence-corrected chi connectivity index (χ3v) is 11.7. The Hall–Kier alpha value is -5.00. The summed E-state index contributed by atoms with van der Waals surface area (Å²) in [6, 6.07) is 30.3. The van der Waals surface area contributed by atoms with E-state index in [4.69, 9.17) is 9.47 Å². The summed E-state index contributed by atoms with van der Waals surface area (Å²) in [5.41, 5.74) is 4.00. The molecule has 1 heterocycles. The molecule has 5 rings (SSSR count). The van der Waals surface area contributed by atoms with Gasteiger partial charge in [0.25, 0.3) is 5.69 Å². The SMILES string of the molecule is COC(=O)/C=C/C1=C(c2ccc([N+](=O)[O-])cc2)OC(=O)C1=P(c1ccc(C)cc1)(c1ccc(C)cc1)c1ccc(C)cc1. The number of ether oxygens (including phenoxy) is 2. The van der Waals surface area contributed by atoms with Crippen LogP contribution in [0.15, 0.2) is 115 Å². The molecule has 0 fully saturated rings. The lowest BCUT2D eigenvalue weighted by molar-refractivity contribution is -0.384. The van der Waals surface area contributed by atoms with E-state index in [-0.39, 0.29) is 11.4 Å². The lowest BCUT2D eigenvalue weighted by atomic mass is 10.1. The molecule has 4 aromatic rings. The number of nitrogens with zero attached hydrogens (tertiary/aromatic N) is 1. The molecule has 0 spiro atoms. The molecule has 0 radical (unpaired) electrons. The predicted octanol–water partition coefficient (Wildman–Crippen LogP) is 5.68. The van der Waals surface area contributed by atoms with Crippen LogP contribution in [-0.4, -0.2) is 29.3 Å². The van der Waals surface area contributed by atoms with Gasteiger partial charge in [0.1, 0.15) is 5.76 Å². The smallest absolute Gasteiger partial charge is 0.345 e. The van der Waals surface area contributed by atoms with Crippen molar-refractivity contribution in [3.63, 3.8) is 0 Å². The molecule has 1 aliphatic rings. The van der Waals surface area contributed by atoms with Gasteiger partial charge < -0.3 is 9.47 Å². The second-order valence-corrected chi connectivity index (χ2v) is 13.7. The number of carbonyl (C=O) groups is 2. The summed E-state index contributed by atoms with van der Waals surface area (Å²) in [6.07, 6.45) is 2.81. The number of carbonyl (C=O) groups excluding carboxylic acids is 2. The number of aryl methyl sites for hydroxylation is 3. The monoisotopic (exact) mass is 591 g/mol. The van der Waals surface area contributed by atoms with Crippen molar-refractivity contribution in [3.8, 4) is 0 Å². The molecule has 0 amide bonds. The first-order valence-electron chi connectivity index (χ1n) is 13.6. The number of hydrogen-bond donors (Lipinski definition) is 0. The minimum atomic E-state index is -2.95. The van der Waals surface area contributed by atoms with Gasteiger partial charge in [-0.05, 0) is 61.8 Å². The lowest BCUT2D eigenvalue weighted by Crippen LogP contribution is -2.33. The minimum Gasteiger partial charge on any atom is -0.466 e. The molecule has 8 heteroatoms. The number of methoxy groups -OCH3 is 1. The van der Waals surface area contributed by atoms with E-state index in [0.29, 0.717) is 16.4 Å². The highest BCUT2D eigenvalue weighted by atomic mass is 31.2. The summed E-state index contributed by atoms with van der Waals surface area (Å²) in [6.45, 7) is 3.08. The van der Waals surface area contributed by atoms with Gasteiger partial charge in [-0.25, -0.2) is 9.59 Å². The molecule has 43 heavy (non-hydrogen) atoms. The first kappa shape index (κ1) is 29.5. The summed E-state index contributed by atoms with van der Waals surface area (Å²) in [5, 5.41) is 14.6. The van der Waals surface area contributed by atoms with Crippen molar-refractivity contribution in [3.05, 3.63) is 147 Å². The average molecular weight is 592 g/mol. The fourth-order valence-corrected chi connectivity index (χ4v) is 9.51. The molecule has 0 bridgehead atoms. The fourth-order valence-electron chi connectivity index (χ4n) is 5.19. The second kappa shape index (κ2) is 12.1. The van der Waals surface area contributed by atoms with Crippen molar-refractivity contribution in [1.82, 2.24) is 0 Å². The van der Waals surface area contributed by atoms with E-state index in [1.54, 1.807) is 18.2 Å². The van der Waals surface area contributed by atoms with Crippen LogP contribution in [0, 0.1) is 30.9 Å². The van der Waals surface area contributed by atoms with Crippen LogP contribution >= 0.6 is 6.89 Å². The Labute approximate surface area is 250 Å².